The second-order valence-electron chi connectivity index (χ2n) is 5.56. The first-order valence-corrected chi connectivity index (χ1v) is 9.59. The van der Waals surface area contributed by atoms with E-state index in [0.717, 1.165) is 27.8 Å². The summed E-state index contributed by atoms with van der Waals surface area (Å²) in [5.74, 6) is 1.53. The van der Waals surface area contributed by atoms with Gasteiger partial charge in [0.15, 0.2) is 5.75 Å². The number of hydrogen-bond donors (Lipinski definition) is 0. The Morgan fingerprint density at radius 3 is 2.38 bits per heavy atom. The van der Waals surface area contributed by atoms with Gasteiger partial charge in [-0.25, -0.2) is 4.98 Å². The molecule has 0 radical (unpaired) electrons. The van der Waals surface area contributed by atoms with Crippen LogP contribution in [-0.2, 0) is 13.0 Å². The van der Waals surface area contributed by atoms with Gasteiger partial charge >= 0.3 is 0 Å². The molecule has 3 nitrogen and oxygen atoms in total. The van der Waals surface area contributed by atoms with E-state index < -0.39 is 0 Å². The molecule has 6 heteroatoms. The van der Waals surface area contributed by atoms with Gasteiger partial charge in [-0.3, -0.25) is 0 Å². The average molecular weight is 453 g/mol. The van der Waals surface area contributed by atoms with Crippen LogP contribution in [0, 0.1) is 0 Å². The normalized spacial score (nSPS) is 10.6. The first-order valence-electron chi connectivity index (χ1n) is 8.05. The number of hydrogen-bond acceptors (Lipinski definition) is 3. The van der Waals surface area contributed by atoms with Gasteiger partial charge in [0.25, 0.3) is 0 Å². The van der Waals surface area contributed by atoms with E-state index in [4.69, 9.17) is 32.7 Å². The lowest BCUT2D eigenvalue weighted by Gasteiger charge is -2.13. The number of aryl methyl sites for hydroxylation is 1. The van der Waals surface area contributed by atoms with Gasteiger partial charge in [-0.2, -0.15) is 0 Å². The second kappa shape index (κ2) is 8.76. The van der Waals surface area contributed by atoms with Crippen LogP contribution in [0.2, 0.25) is 10.0 Å². The first-order chi connectivity index (χ1) is 12.6. The third kappa shape index (κ3) is 4.70. The minimum atomic E-state index is 0.379. The summed E-state index contributed by atoms with van der Waals surface area (Å²) in [5, 5.41) is 0.822. The van der Waals surface area contributed by atoms with Crippen LogP contribution in [0.15, 0.2) is 59.2 Å². The van der Waals surface area contributed by atoms with Gasteiger partial charge in [-0.15, -0.1) is 0 Å². The molecule has 0 atom stereocenters. The minimum Gasteiger partial charge on any atom is -0.487 e. The summed E-state index contributed by atoms with van der Waals surface area (Å²) in [7, 11) is 0. The molecule has 0 aliphatic carbocycles. The summed E-state index contributed by atoms with van der Waals surface area (Å²) in [6.45, 7) is 2.54. The Morgan fingerprint density at radius 2 is 1.73 bits per heavy atom. The predicted octanol–water partition coefficient (Wildman–Crippen LogP) is 7.08. The fourth-order valence-corrected chi connectivity index (χ4v) is 3.68. The molecule has 134 valence electrons. The largest absolute Gasteiger partial charge is 0.487 e. The van der Waals surface area contributed by atoms with Gasteiger partial charge in [-0.05, 0) is 24.1 Å². The van der Waals surface area contributed by atoms with Crippen LogP contribution in [0.1, 0.15) is 18.1 Å². The van der Waals surface area contributed by atoms with Gasteiger partial charge < -0.3 is 9.47 Å². The van der Waals surface area contributed by atoms with Crippen LogP contribution in [0.3, 0.4) is 0 Å². The molecule has 0 fully saturated rings. The van der Waals surface area contributed by atoms with Crippen LogP contribution < -0.4 is 9.47 Å². The molecule has 0 bridgehead atoms. The van der Waals surface area contributed by atoms with E-state index in [0.29, 0.717) is 28.3 Å². The molecule has 3 rings (SSSR count). The zero-order valence-electron chi connectivity index (χ0n) is 14.0. The molecule has 3 aromatic rings. The van der Waals surface area contributed by atoms with E-state index in [9.17, 15) is 0 Å². The fourth-order valence-electron chi connectivity index (χ4n) is 2.39. The SMILES string of the molecule is CCc1cc(Oc2c(Cl)cc(Br)cc2Cl)ncc1OCc1ccccc1. The van der Waals surface area contributed by atoms with E-state index in [2.05, 4.69) is 20.9 Å². The zero-order chi connectivity index (χ0) is 18.5. The lowest BCUT2D eigenvalue weighted by atomic mass is 10.2. The summed E-state index contributed by atoms with van der Waals surface area (Å²) < 4.78 is 12.5. The number of pyridine rings is 1. The lowest BCUT2D eigenvalue weighted by molar-refractivity contribution is 0.300. The molecule has 0 N–H and O–H groups in total. The molecular formula is C20H16BrCl2NO2. The molecule has 0 saturated carbocycles. The van der Waals surface area contributed by atoms with Crippen LogP contribution >= 0.6 is 39.1 Å². The summed E-state index contributed by atoms with van der Waals surface area (Å²) in [6, 6.07) is 15.3. The van der Waals surface area contributed by atoms with E-state index in [-0.39, 0.29) is 0 Å². The van der Waals surface area contributed by atoms with Gasteiger partial charge in [0, 0.05) is 16.1 Å². The molecular weight excluding hydrogens is 437 g/mol. The van der Waals surface area contributed by atoms with E-state index >= 15 is 0 Å². The van der Waals surface area contributed by atoms with Gasteiger partial charge in [0.2, 0.25) is 5.88 Å². The lowest BCUT2D eigenvalue weighted by Crippen LogP contribution is -2.00. The number of ether oxygens (including phenoxy) is 2. The van der Waals surface area contributed by atoms with Crippen LogP contribution in [-0.4, -0.2) is 4.98 Å². The van der Waals surface area contributed by atoms with Crippen molar-refractivity contribution in [1.29, 1.82) is 0 Å². The summed E-state index contributed by atoms with van der Waals surface area (Å²) in [5.41, 5.74) is 2.10. The molecule has 0 unspecified atom stereocenters. The maximum absolute atomic E-state index is 6.22. The van der Waals surface area contributed by atoms with E-state index in [1.165, 1.54) is 0 Å². The van der Waals surface area contributed by atoms with Gasteiger partial charge in [0.1, 0.15) is 12.4 Å². The highest BCUT2D eigenvalue weighted by Gasteiger charge is 2.13. The van der Waals surface area contributed by atoms with Crippen molar-refractivity contribution in [2.75, 3.05) is 0 Å². The zero-order valence-corrected chi connectivity index (χ0v) is 17.1. The molecule has 0 aliphatic heterocycles. The van der Waals surface area contributed by atoms with E-state index in [1.54, 1.807) is 18.3 Å². The quantitative estimate of drug-likeness (QED) is 0.400. The van der Waals surface area contributed by atoms with Crippen LogP contribution in [0.25, 0.3) is 0 Å². The van der Waals surface area contributed by atoms with Crippen molar-refractivity contribution in [3.05, 3.63) is 80.4 Å². The smallest absolute Gasteiger partial charge is 0.219 e. The van der Waals surface area contributed by atoms with Crippen LogP contribution in [0.4, 0.5) is 0 Å². The average Bonchev–Trinajstić information content (AvgIpc) is 2.64. The standard InChI is InChI=1S/C20H16BrCl2NO2/c1-2-14-8-19(26-20-16(22)9-15(21)10-17(20)23)24-11-18(14)25-12-13-6-4-3-5-7-13/h3-11H,2,12H2,1H3. The Kier molecular flexibility index (Phi) is 6.41. The highest BCUT2D eigenvalue weighted by molar-refractivity contribution is 9.10. The van der Waals surface area contributed by atoms with Crippen molar-refractivity contribution in [1.82, 2.24) is 4.98 Å². The van der Waals surface area contributed by atoms with Crippen molar-refractivity contribution < 1.29 is 9.47 Å². The highest BCUT2D eigenvalue weighted by atomic mass is 79.9. The third-order valence-electron chi connectivity index (χ3n) is 3.71. The number of benzene rings is 2. The topological polar surface area (TPSA) is 31.4 Å². The molecule has 0 saturated heterocycles. The van der Waals surface area contributed by atoms with Crippen molar-refractivity contribution >= 4 is 39.1 Å². The fraction of sp³-hybridized carbons (Fsp3) is 0.150. The Balaban J connectivity index is 1.78. The minimum absolute atomic E-state index is 0.379. The first kappa shape index (κ1) is 19.0. The Morgan fingerprint density at radius 1 is 1.04 bits per heavy atom. The molecule has 2 aromatic carbocycles. The van der Waals surface area contributed by atoms with Crippen LogP contribution in [0.5, 0.6) is 17.4 Å². The molecule has 0 aliphatic rings. The molecule has 26 heavy (non-hydrogen) atoms. The highest BCUT2D eigenvalue weighted by Crippen LogP contribution is 2.38. The van der Waals surface area contributed by atoms with Gasteiger partial charge in [-0.1, -0.05) is 76.4 Å². The molecule has 0 spiro atoms. The number of nitrogens with zero attached hydrogens (tertiary/aromatic N) is 1. The maximum Gasteiger partial charge on any atom is 0.219 e. The van der Waals surface area contributed by atoms with Crippen molar-refractivity contribution in [2.24, 2.45) is 0 Å². The summed E-state index contributed by atoms with van der Waals surface area (Å²) in [6.07, 6.45) is 2.45. The van der Waals surface area contributed by atoms with Crippen molar-refractivity contribution in [2.45, 2.75) is 20.0 Å². The van der Waals surface area contributed by atoms with E-state index in [1.807, 2.05) is 43.3 Å². The van der Waals surface area contributed by atoms with Crippen molar-refractivity contribution in [3.63, 3.8) is 0 Å². The molecule has 1 heterocycles. The Bertz CT molecular complexity index is 881. The monoisotopic (exact) mass is 451 g/mol. The number of aromatic nitrogens is 1. The van der Waals surface area contributed by atoms with Gasteiger partial charge in [0.05, 0.1) is 16.2 Å². The second-order valence-corrected chi connectivity index (χ2v) is 7.29. The molecule has 0 amide bonds. The third-order valence-corrected chi connectivity index (χ3v) is 4.73. The number of rotatable bonds is 6. The maximum atomic E-state index is 6.22. The summed E-state index contributed by atoms with van der Waals surface area (Å²) >= 11 is 15.8. The molecule has 1 aromatic heterocycles. The Hall–Kier alpha value is -1.75. The number of halogens is 3. The predicted molar refractivity (Wildman–Crippen MR) is 109 cm³/mol. The summed E-state index contributed by atoms with van der Waals surface area (Å²) in [4.78, 5) is 4.32. The Labute approximate surface area is 171 Å². The van der Waals surface area contributed by atoms with Crippen molar-refractivity contribution in [3.8, 4) is 17.4 Å².